The minimum Gasteiger partial charge on any atom is -0.398 e. The molecule has 3 N–H and O–H groups in total. The van der Waals surface area contributed by atoms with Gasteiger partial charge in [-0.05, 0) is 19.4 Å². The number of carbonyl (C=O) groups excluding carboxylic acids is 2. The second-order valence-electron chi connectivity index (χ2n) is 6.04. The van der Waals surface area contributed by atoms with Crippen molar-refractivity contribution < 1.29 is 9.59 Å². The number of amides is 2. The lowest BCUT2D eigenvalue weighted by molar-refractivity contribution is -0.135. The van der Waals surface area contributed by atoms with E-state index in [2.05, 4.69) is 10.3 Å². The predicted octanol–water partition coefficient (Wildman–Crippen LogP) is -2.45. The molecule has 0 saturated carbocycles. The van der Waals surface area contributed by atoms with Gasteiger partial charge in [0.15, 0.2) is 0 Å². The van der Waals surface area contributed by atoms with E-state index in [0.29, 0.717) is 22.4 Å². The first kappa shape index (κ1) is 15.3. The molecule has 1 aromatic carbocycles. The number of nitrogens with two attached hydrogens (primary N) is 1. The molecular formula is C14H16B2N4O3. The second-order valence-corrected chi connectivity index (χ2v) is 6.04. The third-order valence-corrected chi connectivity index (χ3v) is 4.35. The number of fused-ring (bicyclic) bond motifs is 1. The van der Waals surface area contributed by atoms with Crippen molar-refractivity contribution in [3.63, 3.8) is 0 Å². The minimum atomic E-state index is -0.757. The van der Waals surface area contributed by atoms with Crippen molar-refractivity contribution in [1.82, 2.24) is 14.9 Å². The number of imide groups is 1. The van der Waals surface area contributed by atoms with Crippen LogP contribution < -0.4 is 22.1 Å². The van der Waals surface area contributed by atoms with Crippen LogP contribution in [0.3, 0.4) is 0 Å². The zero-order valence-corrected chi connectivity index (χ0v) is 13.2. The third kappa shape index (κ3) is 2.32. The van der Waals surface area contributed by atoms with Gasteiger partial charge in [0.05, 0.1) is 10.9 Å². The largest absolute Gasteiger partial charge is 0.398 e. The van der Waals surface area contributed by atoms with Gasteiger partial charge in [0, 0.05) is 11.5 Å². The van der Waals surface area contributed by atoms with E-state index in [1.807, 2.05) is 13.9 Å². The first-order valence-corrected chi connectivity index (χ1v) is 7.44. The summed E-state index contributed by atoms with van der Waals surface area (Å²) < 4.78 is 1.34. The topological polar surface area (TPSA) is 107 Å². The number of nitrogen functional groups attached to an aromatic ring is 1. The van der Waals surface area contributed by atoms with Crippen molar-refractivity contribution in [1.29, 1.82) is 0 Å². The maximum Gasteiger partial charge on any atom is 0.264 e. The van der Waals surface area contributed by atoms with Crippen LogP contribution in [0.4, 0.5) is 5.69 Å². The van der Waals surface area contributed by atoms with Gasteiger partial charge in [-0.15, -0.1) is 0 Å². The Balaban J connectivity index is 2.27. The fourth-order valence-corrected chi connectivity index (χ4v) is 3.03. The number of carbonyl (C=O) groups is 2. The van der Waals surface area contributed by atoms with Crippen molar-refractivity contribution in [3.8, 4) is 0 Å². The van der Waals surface area contributed by atoms with E-state index in [1.54, 1.807) is 20.8 Å². The highest BCUT2D eigenvalue weighted by Crippen LogP contribution is 2.25. The van der Waals surface area contributed by atoms with Crippen LogP contribution in [0.2, 0.25) is 5.82 Å². The van der Waals surface area contributed by atoms with Crippen LogP contribution in [0, 0.1) is 6.92 Å². The molecular weight excluding hydrogens is 294 g/mol. The maximum absolute atomic E-state index is 12.9. The lowest BCUT2D eigenvalue weighted by atomic mass is 9.78. The first-order valence-electron chi connectivity index (χ1n) is 7.44. The molecule has 23 heavy (non-hydrogen) atoms. The number of nitrogens with one attached hydrogen (secondary N) is 1. The Morgan fingerprint density at radius 2 is 2.00 bits per heavy atom. The van der Waals surface area contributed by atoms with Crippen molar-refractivity contribution in [2.75, 3.05) is 5.73 Å². The van der Waals surface area contributed by atoms with Crippen molar-refractivity contribution in [3.05, 3.63) is 28.3 Å². The van der Waals surface area contributed by atoms with Crippen LogP contribution >= 0.6 is 0 Å². The van der Waals surface area contributed by atoms with Crippen LogP contribution in [0.15, 0.2) is 16.9 Å². The standard InChI is InChI=1S/C14H16B2N4O3/c1-5-18-11-6(15)2-3-8(17)10(11)14(23)20(5)9-4-7(16)12(21)19-13(9)22/h2-3,7,9H,4,15-17H2,1H3,(H,19,21,22). The lowest BCUT2D eigenvalue weighted by Gasteiger charge is -2.28. The van der Waals surface area contributed by atoms with Gasteiger partial charge in [0.1, 0.15) is 27.6 Å². The minimum absolute atomic E-state index is 0.268. The highest BCUT2D eigenvalue weighted by atomic mass is 16.2. The molecule has 0 bridgehead atoms. The normalized spacial score (nSPS) is 21.4. The quantitative estimate of drug-likeness (QED) is 0.346. The molecule has 1 fully saturated rings. The average molecular weight is 310 g/mol. The first-order chi connectivity index (χ1) is 10.8. The molecule has 1 aromatic heterocycles. The Labute approximate surface area is 134 Å². The molecule has 1 aliphatic rings. The van der Waals surface area contributed by atoms with Crippen molar-refractivity contribution in [2.24, 2.45) is 0 Å². The molecule has 0 spiro atoms. The lowest BCUT2D eigenvalue weighted by Crippen LogP contribution is -2.47. The molecule has 116 valence electrons. The van der Waals surface area contributed by atoms with E-state index in [1.165, 1.54) is 4.57 Å². The van der Waals surface area contributed by atoms with Crippen LogP contribution in [0.25, 0.3) is 10.9 Å². The van der Waals surface area contributed by atoms with E-state index in [4.69, 9.17) is 5.73 Å². The summed E-state index contributed by atoms with van der Waals surface area (Å²) in [5.74, 6) is -0.723. The molecule has 2 heterocycles. The summed E-state index contributed by atoms with van der Waals surface area (Å²) in [6.07, 6.45) is 0.268. The Morgan fingerprint density at radius 1 is 1.30 bits per heavy atom. The van der Waals surface area contributed by atoms with Gasteiger partial charge < -0.3 is 5.73 Å². The summed E-state index contributed by atoms with van der Waals surface area (Å²) >= 11 is 0. The Morgan fingerprint density at radius 3 is 2.70 bits per heavy atom. The molecule has 2 atom stereocenters. The van der Waals surface area contributed by atoms with E-state index < -0.39 is 11.9 Å². The number of hydrogen-bond acceptors (Lipinski definition) is 5. The third-order valence-electron chi connectivity index (χ3n) is 4.35. The number of aryl methyl sites for hydroxylation is 1. The summed E-state index contributed by atoms with van der Waals surface area (Å²) in [6, 6.07) is 2.71. The summed E-state index contributed by atoms with van der Waals surface area (Å²) in [5, 5.41) is 2.62. The zero-order chi connectivity index (χ0) is 16.9. The summed E-state index contributed by atoms with van der Waals surface area (Å²) in [5.41, 5.74) is 7.32. The van der Waals surface area contributed by atoms with Crippen LogP contribution in [0.5, 0.6) is 0 Å². The summed E-state index contributed by atoms with van der Waals surface area (Å²) in [6.45, 7) is 1.68. The molecule has 2 aromatic rings. The molecule has 9 heteroatoms. The number of rotatable bonds is 1. The predicted molar refractivity (Wildman–Crippen MR) is 92.4 cm³/mol. The summed E-state index contributed by atoms with van der Waals surface area (Å²) in [4.78, 5) is 41.2. The van der Waals surface area contributed by atoms with Gasteiger partial charge in [0.25, 0.3) is 5.56 Å². The van der Waals surface area contributed by atoms with Gasteiger partial charge in [-0.3, -0.25) is 24.3 Å². The SMILES string of the molecule is Bc1ccc(N)c2c(=O)n(C3CC(B)C(=O)NC3=O)c(C)nc12. The molecule has 0 radical (unpaired) electrons. The number of nitrogens with zero attached hydrogens (tertiary/aromatic N) is 2. The smallest absolute Gasteiger partial charge is 0.264 e. The molecule has 2 amide bonds. The molecule has 1 saturated heterocycles. The number of aromatic nitrogens is 2. The Kier molecular flexibility index (Phi) is 3.50. The fourth-order valence-electron chi connectivity index (χ4n) is 3.03. The molecule has 1 aliphatic heterocycles. The van der Waals surface area contributed by atoms with Crippen LogP contribution in [0.1, 0.15) is 18.3 Å². The van der Waals surface area contributed by atoms with E-state index in [0.717, 1.165) is 5.46 Å². The van der Waals surface area contributed by atoms with E-state index >= 15 is 0 Å². The number of hydrogen-bond donors (Lipinski definition) is 2. The second kappa shape index (κ2) is 5.26. The molecule has 0 aliphatic carbocycles. The number of benzene rings is 1. The van der Waals surface area contributed by atoms with Crippen LogP contribution in [-0.2, 0) is 9.59 Å². The Bertz CT molecular complexity index is 909. The molecule has 7 nitrogen and oxygen atoms in total. The highest BCUT2D eigenvalue weighted by Gasteiger charge is 2.34. The highest BCUT2D eigenvalue weighted by molar-refractivity contribution is 6.38. The van der Waals surface area contributed by atoms with E-state index in [9.17, 15) is 14.4 Å². The van der Waals surface area contributed by atoms with Gasteiger partial charge in [-0.2, -0.15) is 0 Å². The molecule has 3 rings (SSSR count). The monoisotopic (exact) mass is 310 g/mol. The fraction of sp³-hybridized carbons (Fsp3) is 0.286. The van der Waals surface area contributed by atoms with Crippen molar-refractivity contribution in [2.45, 2.75) is 25.2 Å². The van der Waals surface area contributed by atoms with Crippen LogP contribution in [-0.4, -0.2) is 37.1 Å². The Hall–Kier alpha value is -2.57. The number of piperidine rings is 1. The van der Waals surface area contributed by atoms with Gasteiger partial charge >= 0.3 is 0 Å². The number of anilines is 1. The van der Waals surface area contributed by atoms with Gasteiger partial charge in [-0.25, -0.2) is 4.98 Å². The summed E-state index contributed by atoms with van der Waals surface area (Å²) in [7, 11) is 3.58. The van der Waals surface area contributed by atoms with Gasteiger partial charge in [0.2, 0.25) is 11.8 Å². The molecule has 2 unspecified atom stereocenters. The van der Waals surface area contributed by atoms with Gasteiger partial charge in [-0.1, -0.05) is 11.5 Å². The maximum atomic E-state index is 12.9. The zero-order valence-electron chi connectivity index (χ0n) is 13.2. The average Bonchev–Trinajstić information content (AvgIpc) is 2.48. The van der Waals surface area contributed by atoms with E-state index in [-0.39, 0.29) is 23.7 Å². The van der Waals surface area contributed by atoms with Crippen molar-refractivity contribution >= 4 is 49.6 Å².